The first-order valence-corrected chi connectivity index (χ1v) is 8.29. The summed E-state index contributed by atoms with van der Waals surface area (Å²) in [4.78, 5) is 20.7. The molecule has 25 heavy (non-hydrogen) atoms. The number of pyridine rings is 1. The van der Waals surface area contributed by atoms with Crippen molar-refractivity contribution in [1.29, 1.82) is 0 Å². The van der Waals surface area contributed by atoms with Gasteiger partial charge < -0.3 is 5.32 Å². The van der Waals surface area contributed by atoms with Gasteiger partial charge in [-0.2, -0.15) is 5.10 Å². The first-order valence-electron chi connectivity index (χ1n) is 8.29. The lowest BCUT2D eigenvalue weighted by Gasteiger charge is -2.22. The normalized spacial score (nSPS) is 12.1. The van der Waals surface area contributed by atoms with Crippen LogP contribution in [0.4, 0.5) is 0 Å². The number of aromatic nitrogens is 4. The van der Waals surface area contributed by atoms with Crippen LogP contribution in [0.15, 0.2) is 61.3 Å². The van der Waals surface area contributed by atoms with Gasteiger partial charge in [0, 0.05) is 24.2 Å². The number of rotatable bonds is 6. The first kappa shape index (κ1) is 16.8. The predicted octanol–water partition coefficient (Wildman–Crippen LogP) is 2.83. The van der Waals surface area contributed by atoms with Gasteiger partial charge >= 0.3 is 0 Å². The summed E-state index contributed by atoms with van der Waals surface area (Å²) in [6.45, 7) is 4.92. The molecule has 128 valence electrons. The highest BCUT2D eigenvalue weighted by Gasteiger charge is 2.17. The summed E-state index contributed by atoms with van der Waals surface area (Å²) in [7, 11) is 0. The second kappa shape index (κ2) is 7.70. The Morgan fingerprint density at radius 3 is 2.68 bits per heavy atom. The molecular weight excluding hydrogens is 314 g/mol. The van der Waals surface area contributed by atoms with E-state index in [1.54, 1.807) is 24.7 Å². The molecule has 0 saturated heterocycles. The van der Waals surface area contributed by atoms with E-state index in [0.29, 0.717) is 23.8 Å². The molecule has 0 aliphatic rings. The van der Waals surface area contributed by atoms with Crippen LogP contribution in [0.25, 0.3) is 5.82 Å². The number of carbonyl (C=O) groups is 1. The molecule has 1 amide bonds. The molecule has 0 aliphatic heterocycles. The Morgan fingerprint density at radius 2 is 2.00 bits per heavy atom. The van der Waals surface area contributed by atoms with Gasteiger partial charge in [0.05, 0.1) is 0 Å². The third-order valence-corrected chi connectivity index (χ3v) is 4.18. The molecule has 2 aromatic heterocycles. The van der Waals surface area contributed by atoms with Crippen molar-refractivity contribution in [3.05, 3.63) is 72.4 Å². The maximum Gasteiger partial charge on any atom is 0.251 e. The number of amides is 1. The van der Waals surface area contributed by atoms with Gasteiger partial charge in [-0.3, -0.25) is 4.79 Å². The van der Waals surface area contributed by atoms with Gasteiger partial charge in [0.1, 0.15) is 12.7 Å². The molecule has 1 unspecified atom stereocenters. The van der Waals surface area contributed by atoms with Crippen molar-refractivity contribution in [3.8, 4) is 5.82 Å². The molecule has 0 aliphatic carbocycles. The van der Waals surface area contributed by atoms with Gasteiger partial charge in [-0.1, -0.05) is 44.2 Å². The van der Waals surface area contributed by atoms with Crippen molar-refractivity contribution in [2.45, 2.75) is 19.8 Å². The van der Waals surface area contributed by atoms with Crippen molar-refractivity contribution in [2.75, 3.05) is 6.54 Å². The van der Waals surface area contributed by atoms with Gasteiger partial charge in [0.2, 0.25) is 0 Å². The predicted molar refractivity (Wildman–Crippen MR) is 95.5 cm³/mol. The second-order valence-electron chi connectivity index (χ2n) is 6.21. The Balaban J connectivity index is 1.71. The molecule has 1 N–H and O–H groups in total. The number of hydrogen-bond donors (Lipinski definition) is 1. The average molecular weight is 335 g/mol. The molecule has 0 fully saturated rings. The topological polar surface area (TPSA) is 72.7 Å². The zero-order chi connectivity index (χ0) is 17.6. The fourth-order valence-corrected chi connectivity index (χ4v) is 2.75. The minimum Gasteiger partial charge on any atom is -0.351 e. The van der Waals surface area contributed by atoms with Crippen LogP contribution >= 0.6 is 0 Å². The minimum absolute atomic E-state index is 0.120. The molecule has 0 radical (unpaired) electrons. The fourth-order valence-electron chi connectivity index (χ4n) is 2.75. The zero-order valence-electron chi connectivity index (χ0n) is 14.3. The maximum atomic E-state index is 12.5. The Kier molecular flexibility index (Phi) is 5.18. The highest BCUT2D eigenvalue weighted by Crippen LogP contribution is 2.23. The highest BCUT2D eigenvalue weighted by molar-refractivity contribution is 5.94. The molecule has 3 rings (SSSR count). The third kappa shape index (κ3) is 4.09. The van der Waals surface area contributed by atoms with Gasteiger partial charge in [-0.25, -0.2) is 14.6 Å². The maximum absolute atomic E-state index is 12.5. The van der Waals surface area contributed by atoms with Crippen molar-refractivity contribution in [1.82, 2.24) is 25.1 Å². The van der Waals surface area contributed by atoms with E-state index in [-0.39, 0.29) is 11.8 Å². The average Bonchev–Trinajstić information content (AvgIpc) is 3.17. The largest absolute Gasteiger partial charge is 0.351 e. The first-order chi connectivity index (χ1) is 12.1. The van der Waals surface area contributed by atoms with E-state index in [4.69, 9.17) is 0 Å². The standard InChI is InChI=1S/C19H21N5O/c1-14(2)17(15-6-4-3-5-7-15)11-22-19(25)16-8-9-21-18(10-16)24-13-20-12-23-24/h3-10,12-14,17H,11H2,1-2H3,(H,22,25). The van der Waals surface area contributed by atoms with Crippen molar-refractivity contribution < 1.29 is 4.79 Å². The summed E-state index contributed by atoms with van der Waals surface area (Å²) in [6, 6.07) is 13.7. The molecule has 0 saturated carbocycles. The van der Waals surface area contributed by atoms with Crippen molar-refractivity contribution in [2.24, 2.45) is 5.92 Å². The van der Waals surface area contributed by atoms with E-state index in [9.17, 15) is 4.79 Å². The Morgan fingerprint density at radius 1 is 1.20 bits per heavy atom. The smallest absolute Gasteiger partial charge is 0.251 e. The third-order valence-electron chi connectivity index (χ3n) is 4.18. The van der Waals surface area contributed by atoms with Crippen molar-refractivity contribution >= 4 is 5.91 Å². The van der Waals surface area contributed by atoms with E-state index in [1.807, 2.05) is 18.2 Å². The van der Waals surface area contributed by atoms with Crippen LogP contribution in [0.3, 0.4) is 0 Å². The molecule has 0 bridgehead atoms. The van der Waals surface area contributed by atoms with Crippen LogP contribution in [0.1, 0.15) is 35.7 Å². The Labute approximate surface area is 146 Å². The number of nitrogens with zero attached hydrogens (tertiary/aromatic N) is 4. The quantitative estimate of drug-likeness (QED) is 0.752. The molecular formula is C19H21N5O. The van der Waals surface area contributed by atoms with Gasteiger partial charge in [0.15, 0.2) is 5.82 Å². The molecule has 2 heterocycles. The van der Waals surface area contributed by atoms with E-state index in [0.717, 1.165) is 0 Å². The Hall–Kier alpha value is -3.02. The second-order valence-corrected chi connectivity index (χ2v) is 6.21. The van der Waals surface area contributed by atoms with Gasteiger partial charge in [-0.15, -0.1) is 0 Å². The number of benzene rings is 1. The molecule has 1 atom stereocenters. The summed E-state index contributed by atoms with van der Waals surface area (Å²) < 4.78 is 1.53. The number of nitrogens with one attached hydrogen (secondary N) is 1. The molecule has 6 heteroatoms. The van der Waals surface area contributed by atoms with E-state index in [2.05, 4.69) is 46.4 Å². The van der Waals surface area contributed by atoms with Crippen LogP contribution < -0.4 is 5.32 Å². The summed E-state index contributed by atoms with van der Waals surface area (Å²) in [5, 5.41) is 7.07. The van der Waals surface area contributed by atoms with Gasteiger partial charge in [-0.05, 0) is 23.6 Å². The van der Waals surface area contributed by atoms with Crippen LogP contribution in [0.2, 0.25) is 0 Å². The van der Waals surface area contributed by atoms with Crippen LogP contribution in [0, 0.1) is 5.92 Å². The molecule has 6 nitrogen and oxygen atoms in total. The molecule has 3 aromatic rings. The minimum atomic E-state index is -0.120. The molecule has 1 aromatic carbocycles. The highest BCUT2D eigenvalue weighted by atomic mass is 16.1. The van der Waals surface area contributed by atoms with Crippen LogP contribution in [-0.4, -0.2) is 32.2 Å². The summed E-state index contributed by atoms with van der Waals surface area (Å²) in [5.41, 5.74) is 1.78. The monoisotopic (exact) mass is 335 g/mol. The summed E-state index contributed by atoms with van der Waals surface area (Å²) >= 11 is 0. The summed E-state index contributed by atoms with van der Waals surface area (Å²) in [6.07, 6.45) is 4.58. The summed E-state index contributed by atoms with van der Waals surface area (Å²) in [5.74, 6) is 1.13. The van der Waals surface area contributed by atoms with Crippen molar-refractivity contribution in [3.63, 3.8) is 0 Å². The zero-order valence-corrected chi connectivity index (χ0v) is 14.3. The van der Waals surface area contributed by atoms with Crippen LogP contribution in [0.5, 0.6) is 0 Å². The van der Waals surface area contributed by atoms with E-state index < -0.39 is 0 Å². The van der Waals surface area contributed by atoms with E-state index >= 15 is 0 Å². The van der Waals surface area contributed by atoms with Gasteiger partial charge in [0.25, 0.3) is 5.91 Å². The lowest BCUT2D eigenvalue weighted by Crippen LogP contribution is -2.30. The lowest BCUT2D eigenvalue weighted by atomic mass is 9.88. The van der Waals surface area contributed by atoms with Crippen LogP contribution in [-0.2, 0) is 0 Å². The fraction of sp³-hybridized carbons (Fsp3) is 0.263. The molecule has 0 spiro atoms. The number of carbonyl (C=O) groups excluding carboxylic acids is 1. The van der Waals surface area contributed by atoms with E-state index in [1.165, 1.54) is 16.6 Å². The number of hydrogen-bond acceptors (Lipinski definition) is 4. The lowest BCUT2D eigenvalue weighted by molar-refractivity contribution is 0.0949. The Bertz CT molecular complexity index is 815. The SMILES string of the molecule is CC(C)C(CNC(=O)c1ccnc(-n2cncn2)c1)c1ccccc1.